The Morgan fingerprint density at radius 1 is 1.12 bits per heavy atom. The second-order valence-corrected chi connectivity index (χ2v) is 6.73. The van der Waals surface area contributed by atoms with Gasteiger partial charge in [0.15, 0.2) is 0 Å². The van der Waals surface area contributed by atoms with Gasteiger partial charge < -0.3 is 4.74 Å². The second kappa shape index (κ2) is 8.03. The van der Waals surface area contributed by atoms with E-state index in [2.05, 4.69) is 4.72 Å². The summed E-state index contributed by atoms with van der Waals surface area (Å²) < 4.78 is 45.8. The average Bonchev–Trinajstić information content (AvgIpc) is 2.55. The topological polar surface area (TPSA) is 72.5 Å². The van der Waals surface area contributed by atoms with E-state index in [9.17, 15) is 17.6 Å². The number of hydrogen-bond donors (Lipinski definition) is 1. The Labute approximate surface area is 140 Å². The van der Waals surface area contributed by atoms with Gasteiger partial charge in [-0.05, 0) is 31.0 Å². The molecule has 0 aliphatic rings. The van der Waals surface area contributed by atoms with E-state index in [0.29, 0.717) is 0 Å². The van der Waals surface area contributed by atoms with Crippen LogP contribution in [0, 0.1) is 5.82 Å². The zero-order valence-electron chi connectivity index (χ0n) is 13.1. The Balaban J connectivity index is 2.27. The van der Waals surface area contributed by atoms with Gasteiger partial charge in [-0.3, -0.25) is 4.79 Å². The highest BCUT2D eigenvalue weighted by molar-refractivity contribution is 7.89. The molecule has 0 radical (unpaired) electrons. The zero-order valence-corrected chi connectivity index (χ0v) is 13.9. The molecule has 0 fully saturated rings. The summed E-state index contributed by atoms with van der Waals surface area (Å²) in [6.07, 6.45) is 0.105. The second-order valence-electron chi connectivity index (χ2n) is 5.05. The van der Waals surface area contributed by atoms with E-state index in [0.717, 1.165) is 17.7 Å². The van der Waals surface area contributed by atoms with Gasteiger partial charge in [0, 0.05) is 0 Å². The molecule has 0 aliphatic heterocycles. The first-order chi connectivity index (χ1) is 11.4. The summed E-state index contributed by atoms with van der Waals surface area (Å²) in [7, 11) is -4.20. The number of nitrogens with one attached hydrogen (secondary N) is 1. The third-order valence-electron chi connectivity index (χ3n) is 3.28. The SMILES string of the molecule is CCOC(=O)C(Cc1ccccc1)NS(=O)(=O)c1ccccc1F. The van der Waals surface area contributed by atoms with E-state index in [1.54, 1.807) is 31.2 Å². The van der Waals surface area contributed by atoms with Crippen molar-refractivity contribution in [1.82, 2.24) is 4.72 Å². The van der Waals surface area contributed by atoms with Crippen LogP contribution in [0.2, 0.25) is 0 Å². The van der Waals surface area contributed by atoms with E-state index in [1.165, 1.54) is 12.1 Å². The Morgan fingerprint density at radius 3 is 2.38 bits per heavy atom. The van der Waals surface area contributed by atoms with Crippen molar-refractivity contribution in [3.8, 4) is 0 Å². The maximum absolute atomic E-state index is 13.8. The van der Waals surface area contributed by atoms with Crippen molar-refractivity contribution in [3.63, 3.8) is 0 Å². The van der Waals surface area contributed by atoms with Crippen LogP contribution in [-0.2, 0) is 26.0 Å². The molecular weight excluding hydrogens is 333 g/mol. The molecule has 5 nitrogen and oxygen atoms in total. The van der Waals surface area contributed by atoms with E-state index in [-0.39, 0.29) is 13.0 Å². The summed E-state index contributed by atoms with van der Waals surface area (Å²) >= 11 is 0. The molecule has 1 unspecified atom stereocenters. The first kappa shape index (κ1) is 18.1. The monoisotopic (exact) mass is 351 g/mol. The summed E-state index contributed by atoms with van der Waals surface area (Å²) in [5.41, 5.74) is 0.756. The highest BCUT2D eigenvalue weighted by atomic mass is 32.2. The molecule has 0 amide bonds. The van der Waals surface area contributed by atoms with Crippen molar-refractivity contribution < 1.29 is 22.3 Å². The number of sulfonamides is 1. The maximum Gasteiger partial charge on any atom is 0.324 e. The summed E-state index contributed by atoms with van der Waals surface area (Å²) in [4.78, 5) is 11.6. The van der Waals surface area contributed by atoms with E-state index in [4.69, 9.17) is 4.74 Å². The van der Waals surface area contributed by atoms with Gasteiger partial charge in [0.2, 0.25) is 10.0 Å². The molecule has 2 rings (SSSR count). The number of rotatable bonds is 7. The smallest absolute Gasteiger partial charge is 0.324 e. The fourth-order valence-electron chi connectivity index (χ4n) is 2.18. The number of halogens is 1. The van der Waals surface area contributed by atoms with Gasteiger partial charge in [-0.1, -0.05) is 42.5 Å². The van der Waals surface area contributed by atoms with Crippen molar-refractivity contribution in [2.45, 2.75) is 24.3 Å². The normalized spacial score (nSPS) is 12.6. The molecule has 0 spiro atoms. The van der Waals surface area contributed by atoms with Gasteiger partial charge in [-0.15, -0.1) is 0 Å². The summed E-state index contributed by atoms with van der Waals surface area (Å²) in [5.74, 6) is -1.59. The Kier molecular flexibility index (Phi) is 6.05. The Morgan fingerprint density at radius 2 is 1.75 bits per heavy atom. The third-order valence-corrected chi connectivity index (χ3v) is 4.78. The largest absolute Gasteiger partial charge is 0.465 e. The lowest BCUT2D eigenvalue weighted by Gasteiger charge is -2.17. The molecule has 7 heteroatoms. The fraction of sp³-hybridized carbons (Fsp3) is 0.235. The molecule has 2 aromatic rings. The molecule has 1 N–H and O–H groups in total. The molecule has 0 bridgehead atoms. The maximum atomic E-state index is 13.8. The van der Waals surface area contributed by atoms with Crippen molar-refractivity contribution in [3.05, 3.63) is 66.0 Å². The first-order valence-corrected chi connectivity index (χ1v) is 8.89. The van der Waals surface area contributed by atoms with E-state index >= 15 is 0 Å². The third kappa shape index (κ3) is 4.62. The number of carbonyl (C=O) groups is 1. The lowest BCUT2D eigenvalue weighted by molar-refractivity contribution is -0.145. The van der Waals surface area contributed by atoms with Crippen LogP contribution in [0.3, 0.4) is 0 Å². The molecule has 0 heterocycles. The highest BCUT2D eigenvalue weighted by Gasteiger charge is 2.28. The van der Waals surface area contributed by atoms with Crippen LogP contribution in [0.1, 0.15) is 12.5 Å². The molecule has 0 saturated heterocycles. The minimum atomic E-state index is -4.20. The summed E-state index contributed by atoms with van der Waals surface area (Å²) in [5, 5.41) is 0. The van der Waals surface area contributed by atoms with Crippen LogP contribution in [0.4, 0.5) is 4.39 Å². The lowest BCUT2D eigenvalue weighted by Crippen LogP contribution is -2.43. The Hall–Kier alpha value is -2.25. The Bertz CT molecular complexity index is 793. The van der Waals surface area contributed by atoms with Crippen LogP contribution in [0.25, 0.3) is 0 Å². The van der Waals surface area contributed by atoms with Crippen molar-refractivity contribution in [1.29, 1.82) is 0 Å². The minimum Gasteiger partial charge on any atom is -0.465 e. The highest BCUT2D eigenvalue weighted by Crippen LogP contribution is 2.15. The molecule has 0 saturated carbocycles. The van der Waals surface area contributed by atoms with Crippen LogP contribution in [0.15, 0.2) is 59.5 Å². The predicted molar refractivity (Wildman–Crippen MR) is 87.3 cm³/mol. The van der Waals surface area contributed by atoms with Gasteiger partial charge in [0.25, 0.3) is 0 Å². The first-order valence-electron chi connectivity index (χ1n) is 7.41. The lowest BCUT2D eigenvalue weighted by atomic mass is 10.1. The van der Waals surface area contributed by atoms with Crippen LogP contribution in [-0.4, -0.2) is 27.0 Å². The fourth-order valence-corrected chi connectivity index (χ4v) is 3.44. The standard InChI is InChI=1S/C17H18FNO4S/c1-2-23-17(20)15(12-13-8-4-3-5-9-13)19-24(21,22)16-11-7-6-10-14(16)18/h3-11,15,19H,2,12H2,1H3. The molecule has 128 valence electrons. The molecule has 0 aliphatic carbocycles. The van der Waals surface area contributed by atoms with Crippen LogP contribution in [0.5, 0.6) is 0 Å². The quantitative estimate of drug-likeness (QED) is 0.777. The summed E-state index contributed by atoms with van der Waals surface area (Å²) in [6, 6.07) is 12.8. The molecule has 0 aromatic heterocycles. The van der Waals surface area contributed by atoms with Crippen molar-refractivity contribution in [2.75, 3.05) is 6.61 Å². The predicted octanol–water partition coefficient (Wildman–Crippen LogP) is 2.28. The molecule has 2 aromatic carbocycles. The van der Waals surface area contributed by atoms with Crippen LogP contribution >= 0.6 is 0 Å². The molecular formula is C17H18FNO4S. The van der Waals surface area contributed by atoms with Gasteiger partial charge >= 0.3 is 5.97 Å². The number of ether oxygens (including phenoxy) is 1. The van der Waals surface area contributed by atoms with Crippen molar-refractivity contribution >= 4 is 16.0 Å². The minimum absolute atomic E-state index is 0.105. The van der Waals surface area contributed by atoms with Gasteiger partial charge in [0.1, 0.15) is 16.8 Å². The average molecular weight is 351 g/mol. The van der Waals surface area contributed by atoms with Gasteiger partial charge in [-0.25, -0.2) is 12.8 Å². The van der Waals surface area contributed by atoms with E-state index < -0.39 is 32.7 Å². The number of carbonyl (C=O) groups excluding carboxylic acids is 1. The van der Waals surface area contributed by atoms with Gasteiger partial charge in [0.05, 0.1) is 6.61 Å². The summed E-state index contributed by atoms with van der Waals surface area (Å²) in [6.45, 7) is 1.74. The van der Waals surface area contributed by atoms with E-state index in [1.807, 2.05) is 6.07 Å². The number of esters is 1. The zero-order chi connectivity index (χ0) is 17.6. The van der Waals surface area contributed by atoms with Crippen molar-refractivity contribution in [2.24, 2.45) is 0 Å². The van der Waals surface area contributed by atoms with Crippen LogP contribution < -0.4 is 4.72 Å². The number of benzene rings is 2. The van der Waals surface area contributed by atoms with Gasteiger partial charge in [-0.2, -0.15) is 4.72 Å². The number of hydrogen-bond acceptors (Lipinski definition) is 4. The molecule has 1 atom stereocenters. The molecule has 24 heavy (non-hydrogen) atoms.